The van der Waals surface area contributed by atoms with Crippen LogP contribution in [0.4, 0.5) is 34.1 Å². The molecule has 11 aromatic carbocycles. The molecule has 0 unspecified atom stereocenters. The van der Waals surface area contributed by atoms with Gasteiger partial charge in [0, 0.05) is 33.7 Å². The van der Waals surface area contributed by atoms with E-state index >= 15 is 0 Å². The molecule has 12 rings (SSSR count). The van der Waals surface area contributed by atoms with Crippen molar-refractivity contribution in [2.45, 2.75) is 0 Å². The minimum atomic E-state index is 0.808. The molecule has 11 aromatic rings. The van der Waals surface area contributed by atoms with Crippen molar-refractivity contribution in [3.63, 3.8) is 0 Å². The summed E-state index contributed by atoms with van der Waals surface area (Å²) in [6.07, 6.45) is 0. The van der Waals surface area contributed by atoms with Crippen molar-refractivity contribution in [3.05, 3.63) is 243 Å². The largest absolute Gasteiger partial charge is 0.452 e. The number of anilines is 6. The SMILES string of the molecule is c1ccc(N(c2ccccc2)c2ccc3cccc4c3c2Oc2c-4cccc2N(c2ccc(-c3cccc4ccccc34)cc2)c2ccc(-c3cccc4ccccc34)cc2)cc1. The number of para-hydroxylation sites is 3. The molecule has 0 fully saturated rings. The summed E-state index contributed by atoms with van der Waals surface area (Å²) in [7, 11) is 0. The molecule has 63 heavy (non-hydrogen) atoms. The van der Waals surface area contributed by atoms with Gasteiger partial charge in [0.15, 0.2) is 11.5 Å². The molecule has 0 saturated heterocycles. The zero-order chi connectivity index (χ0) is 41.7. The Balaban J connectivity index is 1.04. The first-order valence-corrected chi connectivity index (χ1v) is 21.5. The molecule has 0 aliphatic carbocycles. The number of hydrogen-bond acceptors (Lipinski definition) is 3. The van der Waals surface area contributed by atoms with Crippen molar-refractivity contribution >= 4 is 66.4 Å². The Hall–Kier alpha value is -8.40. The van der Waals surface area contributed by atoms with Gasteiger partial charge >= 0.3 is 0 Å². The maximum atomic E-state index is 7.46. The number of hydrogen-bond donors (Lipinski definition) is 0. The van der Waals surface area contributed by atoms with Crippen molar-refractivity contribution in [2.75, 3.05) is 9.80 Å². The maximum Gasteiger partial charge on any atom is 0.160 e. The highest BCUT2D eigenvalue weighted by molar-refractivity contribution is 6.09. The predicted molar refractivity (Wildman–Crippen MR) is 265 cm³/mol. The molecule has 0 bridgehead atoms. The van der Waals surface area contributed by atoms with Crippen LogP contribution in [0.3, 0.4) is 0 Å². The Morgan fingerprint density at radius 2 is 0.667 bits per heavy atom. The molecule has 0 saturated carbocycles. The molecule has 1 aliphatic heterocycles. The number of rotatable bonds is 8. The van der Waals surface area contributed by atoms with E-state index in [-0.39, 0.29) is 0 Å². The first-order valence-electron chi connectivity index (χ1n) is 21.5. The second kappa shape index (κ2) is 15.3. The Bertz CT molecular complexity index is 3300. The van der Waals surface area contributed by atoms with Gasteiger partial charge in [-0.05, 0) is 115 Å². The summed E-state index contributed by atoms with van der Waals surface area (Å²) in [5.41, 5.74) is 13.0. The second-order valence-electron chi connectivity index (χ2n) is 16.1. The number of nitrogens with zero attached hydrogens (tertiary/aromatic N) is 2. The molecular formula is C60H40N2O. The van der Waals surface area contributed by atoms with Crippen LogP contribution >= 0.6 is 0 Å². The fourth-order valence-electron chi connectivity index (χ4n) is 9.50. The maximum absolute atomic E-state index is 7.46. The van der Waals surface area contributed by atoms with Gasteiger partial charge in [-0.3, -0.25) is 0 Å². The molecule has 0 aromatic heterocycles. The van der Waals surface area contributed by atoms with E-state index in [9.17, 15) is 0 Å². The average molecular weight is 805 g/mol. The van der Waals surface area contributed by atoms with Crippen LogP contribution in [0.1, 0.15) is 0 Å². The molecule has 296 valence electrons. The molecule has 0 spiro atoms. The van der Waals surface area contributed by atoms with Gasteiger partial charge in [-0.15, -0.1) is 0 Å². The first-order chi connectivity index (χ1) is 31.3. The standard InChI is InChI=1S/C60H40N2O/c1-3-20-46(21-4-1)61(47-22-5-2-6-23-47)57-40-35-45-19-13-28-54-55-29-14-30-56(59(55)63-60(57)58(45)54)62(48-36-31-43(32-37-48)52-26-11-17-41-15-7-9-24-50(41)52)49-38-33-44(34-39-49)53-27-12-18-42-16-8-10-25-51(42)53/h1-40H. The molecule has 0 amide bonds. The fourth-order valence-corrected chi connectivity index (χ4v) is 9.50. The van der Waals surface area contributed by atoms with Gasteiger partial charge < -0.3 is 14.5 Å². The molecule has 0 radical (unpaired) electrons. The summed E-state index contributed by atoms with van der Waals surface area (Å²) in [4.78, 5) is 4.65. The summed E-state index contributed by atoms with van der Waals surface area (Å²) >= 11 is 0. The molecule has 1 heterocycles. The lowest BCUT2D eigenvalue weighted by atomic mass is 9.92. The number of fused-ring (bicyclic) bond motifs is 4. The Labute approximate surface area is 367 Å². The summed E-state index contributed by atoms with van der Waals surface area (Å²) in [6.45, 7) is 0. The van der Waals surface area contributed by atoms with E-state index in [0.29, 0.717) is 0 Å². The van der Waals surface area contributed by atoms with Crippen molar-refractivity contribution in [1.29, 1.82) is 0 Å². The van der Waals surface area contributed by atoms with Crippen LogP contribution in [0.25, 0.3) is 65.7 Å². The van der Waals surface area contributed by atoms with Gasteiger partial charge in [-0.25, -0.2) is 0 Å². The minimum Gasteiger partial charge on any atom is -0.452 e. The minimum absolute atomic E-state index is 0.808. The van der Waals surface area contributed by atoms with Gasteiger partial charge in [0.1, 0.15) is 0 Å². The fraction of sp³-hybridized carbons (Fsp3) is 0. The predicted octanol–water partition coefficient (Wildman–Crippen LogP) is 17.2. The van der Waals surface area contributed by atoms with Crippen molar-refractivity contribution in [3.8, 4) is 44.9 Å². The first kappa shape index (κ1) is 36.5. The van der Waals surface area contributed by atoms with Gasteiger partial charge in [0.2, 0.25) is 0 Å². The van der Waals surface area contributed by atoms with E-state index in [4.69, 9.17) is 4.74 Å². The Morgan fingerprint density at radius 3 is 1.22 bits per heavy atom. The summed E-state index contributed by atoms with van der Waals surface area (Å²) in [5, 5.41) is 7.17. The van der Waals surface area contributed by atoms with Gasteiger partial charge in [-0.1, -0.05) is 182 Å². The molecule has 3 nitrogen and oxygen atoms in total. The third kappa shape index (κ3) is 6.29. The van der Waals surface area contributed by atoms with Crippen LogP contribution in [0, 0.1) is 0 Å². The highest BCUT2D eigenvalue weighted by Gasteiger charge is 2.30. The van der Waals surface area contributed by atoms with Crippen molar-refractivity contribution < 1.29 is 4.74 Å². The van der Waals surface area contributed by atoms with E-state index in [1.165, 1.54) is 43.8 Å². The van der Waals surface area contributed by atoms with Gasteiger partial charge in [-0.2, -0.15) is 0 Å². The number of benzene rings is 11. The monoisotopic (exact) mass is 804 g/mol. The Morgan fingerprint density at radius 1 is 0.254 bits per heavy atom. The molecule has 1 aliphatic rings. The topological polar surface area (TPSA) is 15.7 Å². The molecule has 0 N–H and O–H groups in total. The van der Waals surface area contributed by atoms with E-state index in [1.807, 2.05) is 0 Å². The number of ether oxygens (including phenoxy) is 1. The van der Waals surface area contributed by atoms with E-state index in [1.54, 1.807) is 0 Å². The highest BCUT2D eigenvalue weighted by atomic mass is 16.5. The Kier molecular flexibility index (Phi) is 8.83. The third-order valence-corrected chi connectivity index (χ3v) is 12.4. The zero-order valence-electron chi connectivity index (χ0n) is 34.4. The van der Waals surface area contributed by atoms with Gasteiger partial charge in [0.05, 0.1) is 11.4 Å². The van der Waals surface area contributed by atoms with E-state index in [0.717, 1.165) is 67.5 Å². The summed E-state index contributed by atoms with van der Waals surface area (Å²) < 4.78 is 7.46. The van der Waals surface area contributed by atoms with Gasteiger partial charge in [0.25, 0.3) is 0 Å². The van der Waals surface area contributed by atoms with Crippen LogP contribution in [-0.4, -0.2) is 0 Å². The lowest BCUT2D eigenvalue weighted by Gasteiger charge is -2.33. The lowest BCUT2D eigenvalue weighted by molar-refractivity contribution is 0.489. The second-order valence-corrected chi connectivity index (χ2v) is 16.1. The van der Waals surface area contributed by atoms with Crippen LogP contribution in [0.15, 0.2) is 243 Å². The smallest absolute Gasteiger partial charge is 0.160 e. The molecule has 0 atom stereocenters. The average Bonchev–Trinajstić information content (AvgIpc) is 3.36. The van der Waals surface area contributed by atoms with E-state index in [2.05, 4.69) is 252 Å². The lowest BCUT2D eigenvalue weighted by Crippen LogP contribution is -2.14. The van der Waals surface area contributed by atoms with E-state index < -0.39 is 0 Å². The summed E-state index contributed by atoms with van der Waals surface area (Å²) in [6, 6.07) is 86.9. The normalized spacial score (nSPS) is 11.6. The van der Waals surface area contributed by atoms with Crippen LogP contribution in [0.5, 0.6) is 11.5 Å². The molecule has 3 heteroatoms. The van der Waals surface area contributed by atoms with Crippen LogP contribution in [-0.2, 0) is 0 Å². The highest BCUT2D eigenvalue weighted by Crippen LogP contribution is 2.56. The molecular weight excluding hydrogens is 765 g/mol. The van der Waals surface area contributed by atoms with Crippen LogP contribution < -0.4 is 14.5 Å². The van der Waals surface area contributed by atoms with Crippen molar-refractivity contribution in [2.24, 2.45) is 0 Å². The third-order valence-electron chi connectivity index (χ3n) is 12.4. The quantitative estimate of drug-likeness (QED) is 0.152. The zero-order valence-corrected chi connectivity index (χ0v) is 34.4. The summed E-state index contributed by atoms with van der Waals surface area (Å²) in [5.74, 6) is 1.63. The van der Waals surface area contributed by atoms with Crippen LogP contribution in [0.2, 0.25) is 0 Å². The van der Waals surface area contributed by atoms with Crippen molar-refractivity contribution in [1.82, 2.24) is 0 Å².